The summed E-state index contributed by atoms with van der Waals surface area (Å²) in [5.74, 6) is 0.737. The Morgan fingerprint density at radius 2 is 2.19 bits per heavy atom. The van der Waals surface area contributed by atoms with Gasteiger partial charge in [-0.3, -0.25) is 14.4 Å². The molecular weight excluding hydrogens is 374 g/mol. The molecule has 140 valence electrons. The Morgan fingerprint density at radius 3 is 2.85 bits per heavy atom. The highest BCUT2D eigenvalue weighted by Gasteiger charge is 2.42. The number of fused-ring (bicyclic) bond motifs is 1. The second-order valence-corrected chi connectivity index (χ2v) is 8.64. The SMILES string of the molecule is Cn1cc(CN2C[C@H]3C[C@H](O)[C@@H](NC(=O)c4sccc4Cl)C[C@H]3C2)nn1. The number of nitrogens with one attached hydrogen (secondary N) is 1. The maximum atomic E-state index is 12.4. The van der Waals surface area contributed by atoms with Crippen LogP contribution in [-0.4, -0.2) is 56.1 Å². The summed E-state index contributed by atoms with van der Waals surface area (Å²) in [5, 5.41) is 23.9. The number of hydrogen-bond donors (Lipinski definition) is 2. The molecule has 0 radical (unpaired) electrons. The van der Waals surface area contributed by atoms with Crippen LogP contribution in [0, 0.1) is 11.8 Å². The molecule has 2 N–H and O–H groups in total. The molecule has 2 aliphatic rings. The lowest BCUT2D eigenvalue weighted by molar-refractivity contribution is 0.0463. The van der Waals surface area contributed by atoms with Gasteiger partial charge >= 0.3 is 0 Å². The molecule has 26 heavy (non-hydrogen) atoms. The van der Waals surface area contributed by atoms with Crippen LogP contribution < -0.4 is 5.32 Å². The molecule has 0 unspecified atom stereocenters. The zero-order valence-electron chi connectivity index (χ0n) is 14.5. The third-order valence-electron chi connectivity index (χ3n) is 5.39. The van der Waals surface area contributed by atoms with Gasteiger partial charge in [0.15, 0.2) is 0 Å². The Morgan fingerprint density at radius 1 is 1.42 bits per heavy atom. The minimum atomic E-state index is -0.518. The van der Waals surface area contributed by atoms with Crippen molar-refractivity contribution < 1.29 is 9.90 Å². The summed E-state index contributed by atoms with van der Waals surface area (Å²) in [6, 6.07) is 1.49. The molecule has 1 amide bonds. The normalized spacial score (nSPS) is 28.9. The van der Waals surface area contributed by atoms with Gasteiger partial charge in [-0.25, -0.2) is 0 Å². The Bertz CT molecular complexity index is 794. The Balaban J connectivity index is 1.37. The molecule has 3 heterocycles. The van der Waals surface area contributed by atoms with E-state index in [1.807, 2.05) is 13.2 Å². The van der Waals surface area contributed by atoms with Crippen LogP contribution >= 0.6 is 22.9 Å². The first kappa shape index (κ1) is 17.9. The molecule has 2 aromatic rings. The lowest BCUT2D eigenvalue weighted by atomic mass is 9.77. The summed E-state index contributed by atoms with van der Waals surface area (Å²) in [6.45, 7) is 2.69. The molecule has 2 fully saturated rings. The van der Waals surface area contributed by atoms with Crippen molar-refractivity contribution in [3.63, 3.8) is 0 Å². The lowest BCUT2D eigenvalue weighted by Crippen LogP contribution is -2.49. The first-order chi connectivity index (χ1) is 12.5. The lowest BCUT2D eigenvalue weighted by Gasteiger charge is -2.35. The van der Waals surface area contributed by atoms with Crippen molar-refractivity contribution in [3.8, 4) is 0 Å². The van der Waals surface area contributed by atoms with Crippen molar-refractivity contribution in [2.24, 2.45) is 18.9 Å². The van der Waals surface area contributed by atoms with Crippen LogP contribution in [0.3, 0.4) is 0 Å². The third kappa shape index (κ3) is 3.64. The number of aliphatic hydroxyl groups excluding tert-OH is 1. The number of hydrogen-bond acceptors (Lipinski definition) is 6. The van der Waals surface area contributed by atoms with E-state index in [9.17, 15) is 9.90 Å². The molecule has 2 aromatic heterocycles. The topological polar surface area (TPSA) is 83.3 Å². The number of carbonyl (C=O) groups excluding carboxylic acids is 1. The highest BCUT2D eigenvalue weighted by Crippen LogP contribution is 2.37. The van der Waals surface area contributed by atoms with Gasteiger partial charge in [0.25, 0.3) is 5.91 Å². The van der Waals surface area contributed by atoms with Gasteiger partial charge in [0, 0.05) is 32.9 Å². The third-order valence-corrected chi connectivity index (χ3v) is 6.73. The quantitative estimate of drug-likeness (QED) is 0.820. The van der Waals surface area contributed by atoms with Gasteiger partial charge in [-0.1, -0.05) is 16.8 Å². The van der Waals surface area contributed by atoms with Crippen molar-refractivity contribution in [1.82, 2.24) is 25.2 Å². The summed E-state index contributed by atoms with van der Waals surface area (Å²) >= 11 is 7.37. The molecule has 1 aliphatic carbocycles. The summed E-state index contributed by atoms with van der Waals surface area (Å²) in [6.07, 6.45) is 2.92. The molecule has 4 atom stereocenters. The standard InChI is InChI=1S/C17H22ClN5O2S/c1-22-8-12(20-21-22)9-23-6-10-4-14(15(24)5-11(10)7-23)19-17(25)16-13(18)2-3-26-16/h2-3,8,10-11,14-15,24H,4-7,9H2,1H3,(H,19,25)/t10-,11+,14-,15-/m0/s1. The first-order valence-corrected chi connectivity index (χ1v) is 10.0. The van der Waals surface area contributed by atoms with E-state index in [0.717, 1.165) is 31.7 Å². The van der Waals surface area contributed by atoms with Crippen LogP contribution in [-0.2, 0) is 13.6 Å². The largest absolute Gasteiger partial charge is 0.391 e. The Labute approximate surface area is 160 Å². The van der Waals surface area contributed by atoms with E-state index in [0.29, 0.717) is 28.2 Å². The zero-order valence-corrected chi connectivity index (χ0v) is 16.1. The fourth-order valence-electron chi connectivity index (χ4n) is 4.20. The van der Waals surface area contributed by atoms with Crippen LogP contribution in [0.1, 0.15) is 28.2 Å². The number of aromatic nitrogens is 3. The second kappa shape index (κ2) is 7.26. The molecule has 1 saturated carbocycles. The molecule has 1 aliphatic heterocycles. The number of aliphatic hydroxyl groups is 1. The first-order valence-electron chi connectivity index (χ1n) is 8.79. The predicted octanol–water partition coefficient (Wildman–Crippen LogP) is 1.53. The minimum Gasteiger partial charge on any atom is -0.391 e. The van der Waals surface area contributed by atoms with Gasteiger partial charge in [0.2, 0.25) is 0 Å². The fraction of sp³-hybridized carbons (Fsp3) is 0.588. The van der Waals surface area contributed by atoms with E-state index in [2.05, 4.69) is 20.5 Å². The van der Waals surface area contributed by atoms with Gasteiger partial charge < -0.3 is 10.4 Å². The minimum absolute atomic E-state index is 0.193. The number of aryl methyl sites for hydroxylation is 1. The van der Waals surface area contributed by atoms with E-state index >= 15 is 0 Å². The van der Waals surface area contributed by atoms with Crippen molar-refractivity contribution in [3.05, 3.63) is 33.2 Å². The van der Waals surface area contributed by atoms with E-state index in [4.69, 9.17) is 11.6 Å². The summed E-state index contributed by atoms with van der Waals surface area (Å²) in [5.41, 5.74) is 0.962. The number of nitrogens with zero attached hydrogens (tertiary/aromatic N) is 4. The van der Waals surface area contributed by atoms with E-state index in [1.165, 1.54) is 11.3 Å². The van der Waals surface area contributed by atoms with E-state index in [-0.39, 0.29) is 11.9 Å². The van der Waals surface area contributed by atoms with Crippen LogP contribution in [0.15, 0.2) is 17.6 Å². The van der Waals surface area contributed by atoms with Crippen molar-refractivity contribution in [2.45, 2.75) is 31.5 Å². The average Bonchev–Trinajstić information content (AvgIpc) is 3.28. The molecule has 0 aromatic carbocycles. The molecule has 0 spiro atoms. The molecule has 1 saturated heterocycles. The van der Waals surface area contributed by atoms with E-state index in [1.54, 1.807) is 16.1 Å². The maximum absolute atomic E-state index is 12.4. The second-order valence-electron chi connectivity index (χ2n) is 7.31. The molecule has 0 bridgehead atoms. The van der Waals surface area contributed by atoms with Crippen molar-refractivity contribution >= 4 is 28.8 Å². The number of halogens is 1. The van der Waals surface area contributed by atoms with Gasteiger partial charge in [-0.2, -0.15) is 0 Å². The van der Waals surface area contributed by atoms with Gasteiger partial charge in [-0.05, 0) is 36.1 Å². The van der Waals surface area contributed by atoms with Crippen LogP contribution in [0.4, 0.5) is 0 Å². The monoisotopic (exact) mass is 395 g/mol. The van der Waals surface area contributed by atoms with Crippen molar-refractivity contribution in [2.75, 3.05) is 13.1 Å². The predicted molar refractivity (Wildman–Crippen MR) is 99.1 cm³/mol. The highest BCUT2D eigenvalue weighted by molar-refractivity contribution is 7.12. The number of carbonyl (C=O) groups is 1. The number of rotatable bonds is 4. The number of thiophene rings is 1. The fourth-order valence-corrected chi connectivity index (χ4v) is 5.24. The van der Waals surface area contributed by atoms with Gasteiger partial charge in [0.1, 0.15) is 4.88 Å². The molecule has 4 rings (SSSR count). The summed E-state index contributed by atoms with van der Waals surface area (Å²) < 4.78 is 1.71. The van der Waals surface area contributed by atoms with E-state index < -0.39 is 6.10 Å². The molecular formula is C17H22ClN5O2S. The Kier molecular flexibility index (Phi) is 5.00. The Hall–Kier alpha value is -1.48. The summed E-state index contributed by atoms with van der Waals surface area (Å²) in [4.78, 5) is 15.3. The smallest absolute Gasteiger partial charge is 0.263 e. The average molecular weight is 396 g/mol. The van der Waals surface area contributed by atoms with Gasteiger partial charge in [-0.15, -0.1) is 16.4 Å². The van der Waals surface area contributed by atoms with Crippen LogP contribution in [0.25, 0.3) is 0 Å². The van der Waals surface area contributed by atoms with Crippen LogP contribution in [0.5, 0.6) is 0 Å². The summed E-state index contributed by atoms with van der Waals surface area (Å²) in [7, 11) is 1.86. The highest BCUT2D eigenvalue weighted by atomic mass is 35.5. The van der Waals surface area contributed by atoms with Gasteiger partial charge in [0.05, 0.1) is 22.9 Å². The van der Waals surface area contributed by atoms with Crippen LogP contribution in [0.2, 0.25) is 5.02 Å². The number of likely N-dealkylation sites (tertiary alicyclic amines) is 1. The zero-order chi connectivity index (χ0) is 18.3. The molecule has 7 nitrogen and oxygen atoms in total. The van der Waals surface area contributed by atoms with Crippen molar-refractivity contribution in [1.29, 1.82) is 0 Å². The maximum Gasteiger partial charge on any atom is 0.263 e. The number of amides is 1. The molecule has 9 heteroatoms.